The number of nitrogens with zero attached hydrogens (tertiary/aromatic N) is 2. The third-order valence-corrected chi connectivity index (χ3v) is 3.35. The fraction of sp³-hybridized carbons (Fsp3) is 0.533. The van der Waals surface area contributed by atoms with E-state index in [0.717, 1.165) is 6.07 Å². The summed E-state index contributed by atoms with van der Waals surface area (Å²) in [6.45, 7) is 7.59. The second kappa shape index (κ2) is 6.35. The van der Waals surface area contributed by atoms with E-state index in [0.29, 0.717) is 25.3 Å². The summed E-state index contributed by atoms with van der Waals surface area (Å²) in [5.74, 6) is 0. The quantitative estimate of drug-likeness (QED) is 0.906. The predicted octanol–water partition coefficient (Wildman–Crippen LogP) is 3.39. The van der Waals surface area contributed by atoms with Crippen LogP contribution >= 0.6 is 0 Å². The van der Waals surface area contributed by atoms with Crippen molar-refractivity contribution in [2.45, 2.75) is 26.9 Å². The molecule has 0 aromatic heterocycles. The molecular formula is C15H20F3N3. The van der Waals surface area contributed by atoms with Gasteiger partial charge in [0.2, 0.25) is 0 Å². The van der Waals surface area contributed by atoms with Crippen LogP contribution in [0.4, 0.5) is 18.9 Å². The van der Waals surface area contributed by atoms with Crippen molar-refractivity contribution in [2.75, 3.05) is 24.5 Å². The number of nitriles is 1. The Hall–Kier alpha value is -1.74. The van der Waals surface area contributed by atoms with E-state index in [9.17, 15) is 13.2 Å². The van der Waals surface area contributed by atoms with Crippen LogP contribution in [-0.2, 0) is 6.18 Å². The second-order valence-electron chi connectivity index (χ2n) is 5.72. The average molecular weight is 299 g/mol. The average Bonchev–Trinajstić information content (AvgIpc) is 2.43. The first-order valence-corrected chi connectivity index (χ1v) is 6.71. The third-order valence-electron chi connectivity index (χ3n) is 3.35. The monoisotopic (exact) mass is 299 g/mol. The molecule has 116 valence electrons. The van der Waals surface area contributed by atoms with Crippen molar-refractivity contribution in [1.29, 1.82) is 5.26 Å². The molecule has 1 aromatic carbocycles. The van der Waals surface area contributed by atoms with Crippen molar-refractivity contribution >= 4 is 5.69 Å². The summed E-state index contributed by atoms with van der Waals surface area (Å²) in [5, 5.41) is 8.95. The van der Waals surface area contributed by atoms with E-state index < -0.39 is 11.7 Å². The lowest BCUT2D eigenvalue weighted by atomic mass is 9.92. The van der Waals surface area contributed by atoms with Crippen LogP contribution < -0.4 is 10.6 Å². The van der Waals surface area contributed by atoms with Gasteiger partial charge in [-0.2, -0.15) is 18.4 Å². The van der Waals surface area contributed by atoms with Crippen molar-refractivity contribution < 1.29 is 13.2 Å². The van der Waals surface area contributed by atoms with E-state index in [1.807, 2.05) is 25.7 Å². The molecule has 3 nitrogen and oxygen atoms in total. The SMILES string of the molecule is CCN(CC(C)(C)CN)c1ccc(C(F)(F)F)c(C#N)c1. The number of halogens is 3. The second-order valence-corrected chi connectivity index (χ2v) is 5.72. The van der Waals surface area contributed by atoms with E-state index in [1.165, 1.54) is 12.1 Å². The first-order valence-electron chi connectivity index (χ1n) is 6.71. The van der Waals surface area contributed by atoms with Gasteiger partial charge in [0.05, 0.1) is 17.2 Å². The van der Waals surface area contributed by atoms with Crippen LogP contribution in [0.2, 0.25) is 0 Å². The highest BCUT2D eigenvalue weighted by Gasteiger charge is 2.34. The molecule has 0 bridgehead atoms. The van der Waals surface area contributed by atoms with Gasteiger partial charge in [0.25, 0.3) is 0 Å². The molecule has 0 atom stereocenters. The molecule has 0 aliphatic heterocycles. The zero-order chi connectivity index (χ0) is 16.3. The van der Waals surface area contributed by atoms with Gasteiger partial charge in [-0.25, -0.2) is 0 Å². The van der Waals surface area contributed by atoms with Crippen molar-refractivity contribution in [2.24, 2.45) is 11.1 Å². The summed E-state index contributed by atoms with van der Waals surface area (Å²) in [6.07, 6.45) is -4.52. The number of nitrogens with two attached hydrogens (primary N) is 1. The van der Waals surface area contributed by atoms with Crippen LogP contribution in [-0.4, -0.2) is 19.6 Å². The predicted molar refractivity (Wildman–Crippen MR) is 76.9 cm³/mol. The van der Waals surface area contributed by atoms with Crippen LogP contribution in [0.5, 0.6) is 0 Å². The molecule has 0 radical (unpaired) electrons. The highest BCUT2D eigenvalue weighted by molar-refractivity contribution is 5.55. The van der Waals surface area contributed by atoms with Crippen LogP contribution in [0.3, 0.4) is 0 Å². The Balaban J connectivity index is 3.17. The van der Waals surface area contributed by atoms with Gasteiger partial charge in [0.1, 0.15) is 0 Å². The molecule has 0 spiro atoms. The Morgan fingerprint density at radius 3 is 2.33 bits per heavy atom. The van der Waals surface area contributed by atoms with Crippen LogP contribution in [0.1, 0.15) is 31.9 Å². The molecular weight excluding hydrogens is 279 g/mol. The van der Waals surface area contributed by atoms with E-state index in [-0.39, 0.29) is 11.0 Å². The fourth-order valence-electron chi connectivity index (χ4n) is 2.04. The first-order chi connectivity index (χ1) is 9.64. The molecule has 0 saturated carbocycles. The molecule has 6 heteroatoms. The van der Waals surface area contributed by atoms with Crippen LogP contribution in [0.25, 0.3) is 0 Å². The molecule has 0 heterocycles. The zero-order valence-corrected chi connectivity index (χ0v) is 12.5. The number of hydrogen-bond acceptors (Lipinski definition) is 3. The highest BCUT2D eigenvalue weighted by Crippen LogP contribution is 2.34. The lowest BCUT2D eigenvalue weighted by Crippen LogP contribution is -2.38. The summed E-state index contributed by atoms with van der Waals surface area (Å²) >= 11 is 0. The standard InChI is InChI=1S/C15H20F3N3/c1-4-21(10-14(2,3)9-20)12-5-6-13(15(16,17)18)11(7-12)8-19/h5-7H,4,9-10,20H2,1-3H3. The van der Waals surface area contributed by atoms with Gasteiger partial charge < -0.3 is 10.6 Å². The third kappa shape index (κ3) is 4.36. The topological polar surface area (TPSA) is 53.0 Å². The van der Waals surface area contributed by atoms with Gasteiger partial charge in [-0.3, -0.25) is 0 Å². The maximum Gasteiger partial charge on any atom is 0.417 e. The Morgan fingerprint density at radius 2 is 1.90 bits per heavy atom. The van der Waals surface area contributed by atoms with E-state index >= 15 is 0 Å². The van der Waals surface area contributed by atoms with Crippen LogP contribution in [0, 0.1) is 16.7 Å². The molecule has 21 heavy (non-hydrogen) atoms. The lowest BCUT2D eigenvalue weighted by molar-refractivity contribution is -0.137. The summed E-state index contributed by atoms with van der Waals surface area (Å²) in [4.78, 5) is 1.92. The summed E-state index contributed by atoms with van der Waals surface area (Å²) in [7, 11) is 0. The smallest absolute Gasteiger partial charge is 0.371 e. The molecule has 1 rings (SSSR count). The van der Waals surface area contributed by atoms with Gasteiger partial charge in [0, 0.05) is 18.8 Å². The maximum absolute atomic E-state index is 12.8. The number of alkyl halides is 3. The summed E-state index contributed by atoms with van der Waals surface area (Å²) < 4.78 is 38.4. The Labute approximate surface area is 123 Å². The number of anilines is 1. The van der Waals surface area contributed by atoms with Gasteiger partial charge in [-0.1, -0.05) is 13.8 Å². The van der Waals surface area contributed by atoms with Gasteiger partial charge in [-0.15, -0.1) is 0 Å². The molecule has 1 aromatic rings. The molecule has 0 amide bonds. The number of benzene rings is 1. The Bertz CT molecular complexity index is 530. The molecule has 0 saturated heterocycles. The van der Waals surface area contributed by atoms with Crippen molar-refractivity contribution in [3.05, 3.63) is 29.3 Å². The van der Waals surface area contributed by atoms with Gasteiger partial charge in [0.15, 0.2) is 0 Å². The molecule has 0 fully saturated rings. The lowest BCUT2D eigenvalue weighted by Gasteiger charge is -2.33. The number of hydrogen-bond donors (Lipinski definition) is 1. The zero-order valence-electron chi connectivity index (χ0n) is 12.5. The van der Waals surface area contributed by atoms with Gasteiger partial charge in [-0.05, 0) is 37.1 Å². The Morgan fingerprint density at radius 1 is 1.29 bits per heavy atom. The molecule has 0 aliphatic rings. The minimum Gasteiger partial charge on any atom is -0.371 e. The normalized spacial score (nSPS) is 12.1. The van der Waals surface area contributed by atoms with Crippen LogP contribution in [0.15, 0.2) is 18.2 Å². The van der Waals surface area contributed by atoms with Gasteiger partial charge >= 0.3 is 6.18 Å². The molecule has 0 unspecified atom stereocenters. The van der Waals surface area contributed by atoms with E-state index in [2.05, 4.69) is 0 Å². The molecule has 0 aliphatic carbocycles. The van der Waals surface area contributed by atoms with Crippen molar-refractivity contribution in [1.82, 2.24) is 0 Å². The largest absolute Gasteiger partial charge is 0.417 e. The summed E-state index contributed by atoms with van der Waals surface area (Å²) in [6, 6.07) is 5.28. The maximum atomic E-state index is 12.8. The minimum atomic E-state index is -4.52. The van der Waals surface area contributed by atoms with E-state index in [4.69, 9.17) is 11.0 Å². The number of rotatable bonds is 5. The fourth-order valence-corrected chi connectivity index (χ4v) is 2.04. The van der Waals surface area contributed by atoms with Crippen molar-refractivity contribution in [3.8, 4) is 6.07 Å². The summed E-state index contributed by atoms with van der Waals surface area (Å²) in [5.41, 5.74) is 4.88. The molecule has 2 N–H and O–H groups in total. The van der Waals surface area contributed by atoms with E-state index in [1.54, 1.807) is 6.07 Å². The highest BCUT2D eigenvalue weighted by atomic mass is 19.4. The Kier molecular flexibility index (Phi) is 5.24. The van der Waals surface area contributed by atoms with Crippen molar-refractivity contribution in [3.63, 3.8) is 0 Å². The minimum absolute atomic E-state index is 0.161. The first kappa shape index (κ1) is 17.3.